The minimum absolute atomic E-state index is 0.555. The van der Waals surface area contributed by atoms with Gasteiger partial charge in [-0.1, -0.05) is 182 Å². The molecule has 1 aliphatic heterocycles. The van der Waals surface area contributed by atoms with E-state index in [0.717, 1.165) is 11.5 Å². The third-order valence-electron chi connectivity index (χ3n) is 10.9. The molecule has 0 fully saturated rings. The fourth-order valence-electron chi connectivity index (χ4n) is 8.96. The molecule has 49 heavy (non-hydrogen) atoms. The lowest BCUT2D eigenvalue weighted by molar-refractivity contribution is 0.436. The normalized spacial score (nSPS) is 13.6. The van der Waals surface area contributed by atoms with Crippen molar-refractivity contribution in [2.75, 3.05) is 0 Å². The molecule has 0 aromatic heterocycles. The second-order valence-electron chi connectivity index (χ2n) is 13.2. The van der Waals surface area contributed by atoms with Gasteiger partial charge in [0.05, 0.1) is 5.41 Å². The highest BCUT2D eigenvalue weighted by atomic mass is 28.3. The van der Waals surface area contributed by atoms with Gasteiger partial charge in [0.2, 0.25) is 0 Å². The lowest BCUT2D eigenvalue weighted by atomic mass is 9.66. The molecule has 0 atom stereocenters. The van der Waals surface area contributed by atoms with Crippen LogP contribution in [0.5, 0.6) is 11.5 Å². The van der Waals surface area contributed by atoms with Gasteiger partial charge in [0.25, 0.3) is 0 Å². The van der Waals surface area contributed by atoms with Crippen LogP contribution in [0.3, 0.4) is 0 Å². The third kappa shape index (κ3) is 3.81. The van der Waals surface area contributed by atoms with Gasteiger partial charge >= 0.3 is 0 Å². The van der Waals surface area contributed by atoms with E-state index in [0.29, 0.717) is 0 Å². The average molecular weight is 641 g/mol. The quantitative estimate of drug-likeness (QED) is 0.138. The maximum atomic E-state index is 6.70. The van der Waals surface area contributed by atoms with Gasteiger partial charge < -0.3 is 4.74 Å². The van der Waals surface area contributed by atoms with Crippen molar-refractivity contribution >= 4 is 39.6 Å². The highest BCUT2D eigenvalue weighted by Gasteiger charge is 2.52. The molecular formula is C47H32OSi. The highest BCUT2D eigenvalue weighted by Crippen LogP contribution is 2.62. The van der Waals surface area contributed by atoms with Crippen LogP contribution >= 0.6 is 0 Å². The molecule has 0 saturated carbocycles. The van der Waals surface area contributed by atoms with E-state index in [1.807, 2.05) is 0 Å². The van der Waals surface area contributed by atoms with Crippen LogP contribution in [-0.4, -0.2) is 8.07 Å². The molecule has 1 heterocycles. The van der Waals surface area contributed by atoms with Crippen LogP contribution in [0.15, 0.2) is 194 Å². The molecule has 10 rings (SSSR count). The first-order chi connectivity index (χ1) is 24.3. The van der Waals surface area contributed by atoms with Gasteiger partial charge in [-0.15, -0.1) is 0 Å². The minimum atomic E-state index is -2.79. The Labute approximate surface area is 287 Å². The standard InChI is InChI=1S/C47H32OSi/c1-4-17-34(18-5-1)49(35-19-6-2-7-20-35,36-21-8-3-9-22-36)37-29-30-39-43(32-37)47(42-31-28-33-16-10-11-23-38(33)46(39)42)40-24-12-14-26-44(40)48-45-27-15-13-25-41(45)47/h1-32H. The summed E-state index contributed by atoms with van der Waals surface area (Å²) < 4.78 is 6.70. The third-order valence-corrected chi connectivity index (χ3v) is 15.7. The second kappa shape index (κ2) is 10.8. The van der Waals surface area contributed by atoms with Crippen LogP contribution in [0.4, 0.5) is 0 Å². The Balaban J connectivity index is 1.39. The predicted molar refractivity (Wildman–Crippen MR) is 205 cm³/mol. The van der Waals surface area contributed by atoms with Gasteiger partial charge in [-0.25, -0.2) is 0 Å². The van der Waals surface area contributed by atoms with Crippen LogP contribution in [0.1, 0.15) is 22.3 Å². The largest absolute Gasteiger partial charge is 0.457 e. The number of fused-ring (bicyclic) bond motifs is 11. The summed E-state index contributed by atoms with van der Waals surface area (Å²) >= 11 is 0. The van der Waals surface area contributed by atoms with Crippen molar-refractivity contribution in [3.8, 4) is 22.6 Å². The SMILES string of the molecule is c1ccc([Si](c2ccccc2)(c2ccccc2)c2ccc3c(c2)C2(c4ccccc4Oc4ccccc42)c2ccc4ccccc4c2-3)cc1. The molecule has 1 nitrogen and oxygen atoms in total. The van der Waals surface area contributed by atoms with Gasteiger partial charge in [0.15, 0.2) is 8.07 Å². The first kappa shape index (κ1) is 28.1. The maximum Gasteiger partial charge on any atom is 0.179 e. The van der Waals surface area contributed by atoms with Gasteiger partial charge in [0.1, 0.15) is 11.5 Å². The smallest absolute Gasteiger partial charge is 0.179 e. The number of hydrogen-bond donors (Lipinski definition) is 0. The second-order valence-corrected chi connectivity index (χ2v) is 17.0. The summed E-state index contributed by atoms with van der Waals surface area (Å²) in [7, 11) is -2.79. The summed E-state index contributed by atoms with van der Waals surface area (Å²) in [4.78, 5) is 0. The van der Waals surface area contributed by atoms with Crippen LogP contribution < -0.4 is 25.5 Å². The van der Waals surface area contributed by atoms with Crippen LogP contribution in [0.25, 0.3) is 21.9 Å². The molecule has 1 aliphatic carbocycles. The molecule has 0 amide bonds. The number of benzene rings is 8. The minimum Gasteiger partial charge on any atom is -0.457 e. The highest BCUT2D eigenvalue weighted by molar-refractivity contribution is 7.19. The molecule has 0 N–H and O–H groups in total. The van der Waals surface area contributed by atoms with Crippen molar-refractivity contribution in [3.05, 3.63) is 216 Å². The van der Waals surface area contributed by atoms with Gasteiger partial charge in [-0.2, -0.15) is 0 Å². The molecule has 2 aliphatic rings. The Hall–Kier alpha value is -5.96. The molecule has 0 unspecified atom stereocenters. The fraction of sp³-hybridized carbons (Fsp3) is 0.0213. The number of rotatable bonds is 4. The van der Waals surface area contributed by atoms with Gasteiger partial charge in [-0.05, 0) is 65.9 Å². The summed E-state index contributed by atoms with van der Waals surface area (Å²) in [6.45, 7) is 0. The van der Waals surface area contributed by atoms with Crippen molar-refractivity contribution in [1.29, 1.82) is 0 Å². The first-order valence-electron chi connectivity index (χ1n) is 17.0. The van der Waals surface area contributed by atoms with Crippen LogP contribution in [-0.2, 0) is 5.41 Å². The monoisotopic (exact) mass is 640 g/mol. The van der Waals surface area contributed by atoms with Crippen LogP contribution in [0.2, 0.25) is 0 Å². The van der Waals surface area contributed by atoms with E-state index in [9.17, 15) is 0 Å². The molecule has 0 saturated heterocycles. The summed E-state index contributed by atoms with van der Waals surface area (Å²) in [5.41, 5.74) is 7.06. The Kier molecular flexibility index (Phi) is 6.18. The zero-order valence-electron chi connectivity index (χ0n) is 26.9. The zero-order valence-corrected chi connectivity index (χ0v) is 27.9. The van der Waals surface area contributed by atoms with E-state index in [2.05, 4.69) is 194 Å². The number of ether oxygens (including phenoxy) is 1. The molecule has 0 bridgehead atoms. The Morgan fingerprint density at radius 2 is 0.878 bits per heavy atom. The van der Waals surface area contributed by atoms with Crippen molar-refractivity contribution in [2.24, 2.45) is 0 Å². The van der Waals surface area contributed by atoms with Crippen LogP contribution in [0, 0.1) is 0 Å². The Morgan fingerprint density at radius 1 is 0.367 bits per heavy atom. The van der Waals surface area contributed by atoms with E-state index >= 15 is 0 Å². The molecule has 1 spiro atoms. The van der Waals surface area contributed by atoms with Crippen molar-refractivity contribution < 1.29 is 4.74 Å². The van der Waals surface area contributed by atoms with Crippen molar-refractivity contribution in [3.63, 3.8) is 0 Å². The lowest BCUT2D eigenvalue weighted by Crippen LogP contribution is -2.74. The van der Waals surface area contributed by atoms with E-state index < -0.39 is 13.5 Å². The molecular weight excluding hydrogens is 609 g/mol. The van der Waals surface area contributed by atoms with E-state index in [1.165, 1.54) is 64.9 Å². The fourth-order valence-corrected chi connectivity index (χ4v) is 13.7. The predicted octanol–water partition coefficient (Wildman–Crippen LogP) is 8.69. The lowest BCUT2D eigenvalue weighted by Gasteiger charge is -2.40. The Bertz CT molecular complexity index is 2380. The summed E-state index contributed by atoms with van der Waals surface area (Å²) in [5.74, 6) is 1.83. The molecule has 8 aromatic rings. The van der Waals surface area contributed by atoms with Crippen molar-refractivity contribution in [2.45, 2.75) is 5.41 Å². The van der Waals surface area contributed by atoms with Gasteiger partial charge in [-0.3, -0.25) is 0 Å². The van der Waals surface area contributed by atoms with E-state index in [-0.39, 0.29) is 0 Å². The summed E-state index contributed by atoms with van der Waals surface area (Å²) in [6, 6.07) is 72.0. The topological polar surface area (TPSA) is 9.23 Å². The van der Waals surface area contributed by atoms with E-state index in [1.54, 1.807) is 0 Å². The number of hydrogen-bond acceptors (Lipinski definition) is 1. The Morgan fingerprint density at radius 3 is 1.47 bits per heavy atom. The van der Waals surface area contributed by atoms with Crippen molar-refractivity contribution in [1.82, 2.24) is 0 Å². The number of para-hydroxylation sites is 2. The first-order valence-corrected chi connectivity index (χ1v) is 19.0. The molecule has 2 heteroatoms. The molecule has 8 aromatic carbocycles. The maximum absolute atomic E-state index is 6.70. The van der Waals surface area contributed by atoms with Gasteiger partial charge in [0, 0.05) is 11.1 Å². The summed E-state index contributed by atoms with van der Waals surface area (Å²) in [5, 5.41) is 8.02. The zero-order chi connectivity index (χ0) is 32.4. The molecule has 0 radical (unpaired) electrons. The summed E-state index contributed by atoms with van der Waals surface area (Å²) in [6.07, 6.45) is 0. The average Bonchev–Trinajstić information content (AvgIpc) is 3.47. The van der Waals surface area contributed by atoms with E-state index in [4.69, 9.17) is 4.74 Å². The molecule has 230 valence electrons.